The molecule has 0 amide bonds. The molecular weight excluding hydrogens is 180 g/mol. The van der Waals surface area contributed by atoms with Gasteiger partial charge in [0.25, 0.3) is 5.78 Å². The Bertz CT molecular complexity index is 420. The number of ketones is 1. The molecule has 0 fully saturated rings. The summed E-state index contributed by atoms with van der Waals surface area (Å²) in [6, 6.07) is 6.80. The fourth-order valence-electron chi connectivity index (χ4n) is 1.23. The molecule has 0 aliphatic rings. The molecule has 3 nitrogen and oxygen atoms in total. The Morgan fingerprint density at radius 3 is 1.64 bits per heavy atom. The predicted molar refractivity (Wildman–Crippen MR) is 50.3 cm³/mol. The third-order valence-corrected chi connectivity index (χ3v) is 1.93. The average molecular weight is 190 g/mol. The Morgan fingerprint density at radius 2 is 1.36 bits per heavy atom. The smallest absolute Gasteiger partial charge is 0.263 e. The van der Waals surface area contributed by atoms with E-state index < -0.39 is 0 Å². The monoisotopic (exact) mass is 190 g/mol. The molecule has 0 aliphatic heterocycles. The largest absolute Gasteiger partial charge is 0.458 e. The molecule has 0 bridgehead atoms. The van der Waals surface area contributed by atoms with Crippen LogP contribution in [0.15, 0.2) is 33.1 Å². The third-order valence-electron chi connectivity index (χ3n) is 1.93. The van der Waals surface area contributed by atoms with Gasteiger partial charge in [0, 0.05) is 0 Å². The number of furan rings is 2. The van der Waals surface area contributed by atoms with E-state index in [1.54, 1.807) is 38.1 Å². The molecule has 0 aromatic carbocycles. The van der Waals surface area contributed by atoms with Crippen molar-refractivity contribution in [1.29, 1.82) is 0 Å². The molecule has 0 unspecified atom stereocenters. The van der Waals surface area contributed by atoms with Crippen LogP contribution in [0.4, 0.5) is 0 Å². The van der Waals surface area contributed by atoms with Crippen molar-refractivity contribution in [2.75, 3.05) is 0 Å². The van der Waals surface area contributed by atoms with E-state index in [9.17, 15) is 4.79 Å². The van der Waals surface area contributed by atoms with Crippen LogP contribution in [-0.4, -0.2) is 5.78 Å². The van der Waals surface area contributed by atoms with Gasteiger partial charge in [0.1, 0.15) is 11.5 Å². The summed E-state index contributed by atoms with van der Waals surface area (Å²) in [5.74, 6) is 1.85. The highest BCUT2D eigenvalue weighted by Gasteiger charge is 2.15. The van der Waals surface area contributed by atoms with Gasteiger partial charge in [-0.3, -0.25) is 4.79 Å². The van der Waals surface area contributed by atoms with Crippen molar-refractivity contribution in [2.45, 2.75) is 13.8 Å². The zero-order valence-corrected chi connectivity index (χ0v) is 8.03. The first-order valence-corrected chi connectivity index (χ1v) is 4.34. The fraction of sp³-hybridized carbons (Fsp3) is 0.182. The highest BCUT2D eigenvalue weighted by atomic mass is 16.4. The Balaban J connectivity index is 2.33. The molecule has 14 heavy (non-hydrogen) atoms. The molecule has 0 saturated heterocycles. The highest BCUT2D eigenvalue weighted by Crippen LogP contribution is 2.14. The number of aryl methyl sites for hydroxylation is 2. The molecule has 0 aliphatic carbocycles. The minimum atomic E-state index is -0.216. The zero-order chi connectivity index (χ0) is 10.1. The van der Waals surface area contributed by atoms with Crippen LogP contribution in [0.3, 0.4) is 0 Å². The molecule has 3 heteroatoms. The van der Waals surface area contributed by atoms with E-state index in [-0.39, 0.29) is 5.78 Å². The van der Waals surface area contributed by atoms with Crippen molar-refractivity contribution in [3.05, 3.63) is 47.3 Å². The first-order valence-electron chi connectivity index (χ1n) is 4.34. The fourth-order valence-corrected chi connectivity index (χ4v) is 1.23. The minimum absolute atomic E-state index is 0.216. The van der Waals surface area contributed by atoms with Crippen LogP contribution in [0.5, 0.6) is 0 Å². The lowest BCUT2D eigenvalue weighted by atomic mass is 10.2. The van der Waals surface area contributed by atoms with Crippen LogP contribution in [0.1, 0.15) is 27.8 Å². The van der Waals surface area contributed by atoms with Gasteiger partial charge in [-0.1, -0.05) is 0 Å². The van der Waals surface area contributed by atoms with Crippen molar-refractivity contribution in [1.82, 2.24) is 0 Å². The summed E-state index contributed by atoms with van der Waals surface area (Å²) in [5, 5.41) is 0. The normalized spacial score (nSPS) is 10.4. The number of hydrogen-bond donors (Lipinski definition) is 0. The lowest BCUT2D eigenvalue weighted by Gasteiger charge is -1.91. The van der Waals surface area contributed by atoms with E-state index in [1.807, 2.05) is 0 Å². The van der Waals surface area contributed by atoms with Gasteiger partial charge in [-0.15, -0.1) is 0 Å². The average Bonchev–Trinajstić information content (AvgIpc) is 2.73. The van der Waals surface area contributed by atoms with Crippen LogP contribution in [0.25, 0.3) is 0 Å². The van der Waals surface area contributed by atoms with Crippen LogP contribution < -0.4 is 0 Å². The standard InChI is InChI=1S/C11H10O3/c1-7-3-5-9(13-7)11(12)10-6-4-8(2)14-10/h3-6H,1-2H3. The molecule has 0 saturated carbocycles. The molecule has 2 aromatic rings. The first kappa shape index (κ1) is 8.81. The third kappa shape index (κ3) is 1.48. The van der Waals surface area contributed by atoms with Crippen LogP contribution in [-0.2, 0) is 0 Å². The molecule has 2 heterocycles. The van der Waals surface area contributed by atoms with E-state index in [0.29, 0.717) is 11.5 Å². The van der Waals surface area contributed by atoms with E-state index in [4.69, 9.17) is 8.83 Å². The summed E-state index contributed by atoms with van der Waals surface area (Å²) >= 11 is 0. The summed E-state index contributed by atoms with van der Waals surface area (Å²) in [7, 11) is 0. The Morgan fingerprint density at radius 1 is 0.929 bits per heavy atom. The molecule has 2 aromatic heterocycles. The second kappa shape index (κ2) is 3.18. The van der Waals surface area contributed by atoms with Gasteiger partial charge in [-0.05, 0) is 38.1 Å². The van der Waals surface area contributed by atoms with Gasteiger partial charge in [-0.2, -0.15) is 0 Å². The van der Waals surface area contributed by atoms with E-state index in [1.165, 1.54) is 0 Å². The van der Waals surface area contributed by atoms with Crippen LogP contribution >= 0.6 is 0 Å². The maximum absolute atomic E-state index is 11.7. The number of rotatable bonds is 2. The number of carbonyl (C=O) groups excluding carboxylic acids is 1. The Kier molecular flexibility index (Phi) is 2.00. The predicted octanol–water partition coefficient (Wildman–Crippen LogP) is 2.72. The Labute approximate surface area is 81.3 Å². The van der Waals surface area contributed by atoms with Gasteiger partial charge in [0.05, 0.1) is 0 Å². The Hall–Kier alpha value is -1.77. The summed E-state index contributed by atoms with van der Waals surface area (Å²) in [4.78, 5) is 11.7. The van der Waals surface area contributed by atoms with Crippen molar-refractivity contribution in [3.63, 3.8) is 0 Å². The zero-order valence-electron chi connectivity index (χ0n) is 8.03. The summed E-state index contributed by atoms with van der Waals surface area (Å²) in [6.45, 7) is 3.59. The van der Waals surface area contributed by atoms with Crippen molar-refractivity contribution in [2.24, 2.45) is 0 Å². The lowest BCUT2D eigenvalue weighted by molar-refractivity contribution is 0.0980. The van der Waals surface area contributed by atoms with Gasteiger partial charge in [-0.25, -0.2) is 0 Å². The topological polar surface area (TPSA) is 43.4 Å². The summed E-state index contributed by atoms with van der Waals surface area (Å²) in [5.41, 5.74) is 0. The molecule has 0 radical (unpaired) electrons. The lowest BCUT2D eigenvalue weighted by Crippen LogP contribution is -1.96. The van der Waals surface area contributed by atoms with Gasteiger partial charge in [0.15, 0.2) is 11.5 Å². The van der Waals surface area contributed by atoms with Gasteiger partial charge < -0.3 is 8.83 Å². The van der Waals surface area contributed by atoms with Crippen molar-refractivity contribution in [3.8, 4) is 0 Å². The van der Waals surface area contributed by atoms with Crippen molar-refractivity contribution < 1.29 is 13.6 Å². The molecule has 0 atom stereocenters. The van der Waals surface area contributed by atoms with Gasteiger partial charge in [0.2, 0.25) is 0 Å². The van der Waals surface area contributed by atoms with Crippen molar-refractivity contribution >= 4 is 5.78 Å². The first-order chi connectivity index (χ1) is 6.66. The minimum Gasteiger partial charge on any atom is -0.458 e. The molecule has 2 rings (SSSR count). The number of hydrogen-bond acceptors (Lipinski definition) is 3. The maximum Gasteiger partial charge on any atom is 0.263 e. The quantitative estimate of drug-likeness (QED) is 0.684. The van der Waals surface area contributed by atoms with Crippen LogP contribution in [0.2, 0.25) is 0 Å². The summed E-state index contributed by atoms with van der Waals surface area (Å²) < 4.78 is 10.4. The SMILES string of the molecule is Cc1ccc(C(=O)c2ccc(C)o2)o1. The summed E-state index contributed by atoms with van der Waals surface area (Å²) in [6.07, 6.45) is 0. The van der Waals surface area contributed by atoms with E-state index in [0.717, 1.165) is 11.5 Å². The van der Waals surface area contributed by atoms with Crippen LogP contribution in [0, 0.1) is 13.8 Å². The maximum atomic E-state index is 11.7. The van der Waals surface area contributed by atoms with E-state index >= 15 is 0 Å². The number of carbonyl (C=O) groups is 1. The van der Waals surface area contributed by atoms with E-state index in [2.05, 4.69) is 0 Å². The molecular formula is C11H10O3. The van der Waals surface area contributed by atoms with Gasteiger partial charge >= 0.3 is 0 Å². The highest BCUT2D eigenvalue weighted by molar-refractivity contribution is 6.05. The molecule has 72 valence electrons. The second-order valence-electron chi connectivity index (χ2n) is 3.15. The second-order valence-corrected chi connectivity index (χ2v) is 3.15. The molecule has 0 N–H and O–H groups in total. The molecule has 0 spiro atoms.